The van der Waals surface area contributed by atoms with Crippen LogP contribution in [0.4, 0.5) is 4.39 Å². The van der Waals surface area contributed by atoms with Gasteiger partial charge in [0, 0.05) is 32.1 Å². The van der Waals surface area contributed by atoms with Gasteiger partial charge in [0.15, 0.2) is 0 Å². The van der Waals surface area contributed by atoms with Crippen molar-refractivity contribution in [2.45, 2.75) is 19.3 Å². The molecule has 2 fully saturated rings. The molecule has 4 rings (SSSR count). The van der Waals surface area contributed by atoms with Gasteiger partial charge in [0.1, 0.15) is 24.0 Å². The van der Waals surface area contributed by atoms with Gasteiger partial charge >= 0.3 is 0 Å². The summed E-state index contributed by atoms with van der Waals surface area (Å²) in [6.45, 7) is 3.63. The van der Waals surface area contributed by atoms with Crippen LogP contribution in [-0.2, 0) is 16.0 Å². The fourth-order valence-corrected chi connectivity index (χ4v) is 3.66. The Bertz CT molecular complexity index is 681. The van der Waals surface area contributed by atoms with E-state index >= 15 is 0 Å². The maximum absolute atomic E-state index is 13.4. The van der Waals surface area contributed by atoms with E-state index in [4.69, 9.17) is 4.74 Å². The second-order valence-corrected chi connectivity index (χ2v) is 7.31. The highest BCUT2D eigenvalue weighted by molar-refractivity contribution is 5.85. The van der Waals surface area contributed by atoms with Crippen LogP contribution in [0.25, 0.3) is 0 Å². The molecule has 3 aliphatic rings. The Kier molecular flexibility index (Phi) is 4.46. The molecule has 1 saturated heterocycles. The third-order valence-corrected chi connectivity index (χ3v) is 5.37. The van der Waals surface area contributed by atoms with E-state index in [-0.39, 0.29) is 17.6 Å². The van der Waals surface area contributed by atoms with Crippen LogP contribution in [0.3, 0.4) is 0 Å². The SMILES string of the molecule is O=C(CN1CCN(C(=O)[C@@H]2COc3ccc(F)cc3C2)CC1)C1CC1. The highest BCUT2D eigenvalue weighted by Crippen LogP contribution is 2.30. The molecule has 1 amide bonds. The van der Waals surface area contributed by atoms with E-state index < -0.39 is 0 Å². The lowest BCUT2D eigenvalue weighted by atomic mass is 9.95. The molecule has 1 saturated carbocycles. The van der Waals surface area contributed by atoms with Crippen molar-refractivity contribution in [3.05, 3.63) is 29.6 Å². The van der Waals surface area contributed by atoms with E-state index in [9.17, 15) is 14.0 Å². The lowest BCUT2D eigenvalue weighted by Crippen LogP contribution is -2.52. The molecule has 134 valence electrons. The lowest BCUT2D eigenvalue weighted by molar-refractivity contribution is -0.138. The summed E-state index contributed by atoms with van der Waals surface area (Å²) in [4.78, 5) is 28.7. The summed E-state index contributed by atoms with van der Waals surface area (Å²) in [6.07, 6.45) is 2.61. The van der Waals surface area contributed by atoms with E-state index in [2.05, 4.69) is 4.90 Å². The van der Waals surface area contributed by atoms with Gasteiger partial charge in [-0.15, -0.1) is 0 Å². The minimum Gasteiger partial charge on any atom is -0.492 e. The van der Waals surface area contributed by atoms with Crippen LogP contribution in [0.15, 0.2) is 18.2 Å². The number of Topliss-reactive ketones (excluding diaryl/α,β-unsaturated/α-hetero) is 1. The molecule has 1 atom stereocenters. The van der Waals surface area contributed by atoms with Crippen molar-refractivity contribution in [1.29, 1.82) is 0 Å². The van der Waals surface area contributed by atoms with Gasteiger partial charge < -0.3 is 9.64 Å². The smallest absolute Gasteiger partial charge is 0.229 e. The Morgan fingerprint density at radius 3 is 2.60 bits per heavy atom. The molecular weight excluding hydrogens is 323 g/mol. The molecule has 5 nitrogen and oxygen atoms in total. The van der Waals surface area contributed by atoms with Crippen LogP contribution in [0.1, 0.15) is 18.4 Å². The van der Waals surface area contributed by atoms with E-state index in [0.717, 1.165) is 31.5 Å². The van der Waals surface area contributed by atoms with Crippen LogP contribution < -0.4 is 4.74 Å². The Hall–Kier alpha value is -1.95. The van der Waals surface area contributed by atoms with Crippen molar-refractivity contribution in [3.8, 4) is 5.75 Å². The van der Waals surface area contributed by atoms with Crippen molar-refractivity contribution in [2.24, 2.45) is 11.8 Å². The summed E-state index contributed by atoms with van der Waals surface area (Å²) in [5.74, 6) is 0.828. The third kappa shape index (κ3) is 3.68. The molecule has 0 spiro atoms. The second kappa shape index (κ2) is 6.75. The maximum Gasteiger partial charge on any atom is 0.229 e. The molecule has 2 heterocycles. The standard InChI is InChI=1S/C19H23FN2O3/c20-16-3-4-18-14(10-16)9-15(12-25-18)19(24)22-7-5-21(6-8-22)11-17(23)13-1-2-13/h3-4,10,13,15H,1-2,5-9,11-12H2/t15-/m0/s1. The van der Waals surface area contributed by atoms with Gasteiger partial charge in [0.2, 0.25) is 5.91 Å². The number of amides is 1. The van der Waals surface area contributed by atoms with Crippen molar-refractivity contribution in [3.63, 3.8) is 0 Å². The molecule has 1 aliphatic carbocycles. The largest absolute Gasteiger partial charge is 0.492 e. The average molecular weight is 346 g/mol. The fourth-order valence-electron chi connectivity index (χ4n) is 3.66. The number of carbonyl (C=O) groups excluding carboxylic acids is 2. The molecule has 0 N–H and O–H groups in total. The first kappa shape index (κ1) is 16.5. The first-order chi connectivity index (χ1) is 12.1. The second-order valence-electron chi connectivity index (χ2n) is 7.31. The highest BCUT2D eigenvalue weighted by Gasteiger charge is 2.34. The number of piperazine rings is 1. The molecule has 25 heavy (non-hydrogen) atoms. The predicted octanol–water partition coefficient (Wildman–Crippen LogP) is 1.50. The van der Waals surface area contributed by atoms with Crippen molar-refractivity contribution in [2.75, 3.05) is 39.3 Å². The number of ether oxygens (including phenoxy) is 1. The van der Waals surface area contributed by atoms with E-state index in [1.807, 2.05) is 4.90 Å². The lowest BCUT2D eigenvalue weighted by Gasteiger charge is -2.37. The molecule has 2 aliphatic heterocycles. The van der Waals surface area contributed by atoms with Crippen LogP contribution in [0.5, 0.6) is 5.75 Å². The summed E-state index contributed by atoms with van der Waals surface area (Å²) in [5, 5.41) is 0. The molecule has 1 aromatic carbocycles. The first-order valence-electron chi connectivity index (χ1n) is 9.05. The molecule has 6 heteroatoms. The summed E-state index contributed by atoms with van der Waals surface area (Å²) >= 11 is 0. The Morgan fingerprint density at radius 2 is 1.88 bits per heavy atom. The predicted molar refractivity (Wildman–Crippen MR) is 89.8 cm³/mol. The topological polar surface area (TPSA) is 49.9 Å². The van der Waals surface area contributed by atoms with Crippen LogP contribution in [-0.4, -0.2) is 60.8 Å². The number of carbonyl (C=O) groups is 2. The minimum absolute atomic E-state index is 0.0723. The summed E-state index contributed by atoms with van der Waals surface area (Å²) in [5.41, 5.74) is 0.762. The Balaban J connectivity index is 1.31. The van der Waals surface area contributed by atoms with Crippen LogP contribution in [0, 0.1) is 17.7 Å². The first-order valence-corrected chi connectivity index (χ1v) is 9.05. The number of hydrogen-bond donors (Lipinski definition) is 0. The molecular formula is C19H23FN2O3. The van der Waals surface area contributed by atoms with Gasteiger partial charge in [0.05, 0.1) is 12.5 Å². The summed E-state index contributed by atoms with van der Waals surface area (Å²) in [6, 6.07) is 4.46. The Labute approximate surface area is 146 Å². The summed E-state index contributed by atoms with van der Waals surface area (Å²) < 4.78 is 19.0. The van der Waals surface area contributed by atoms with Gasteiger partial charge in [-0.1, -0.05) is 0 Å². The number of ketones is 1. The van der Waals surface area contributed by atoms with Gasteiger partial charge in [0.25, 0.3) is 0 Å². The van der Waals surface area contributed by atoms with Crippen LogP contribution >= 0.6 is 0 Å². The number of rotatable bonds is 4. The van der Waals surface area contributed by atoms with Crippen molar-refractivity contribution < 1.29 is 18.7 Å². The normalized spacial score (nSPS) is 23.7. The molecule has 0 unspecified atom stereocenters. The average Bonchev–Trinajstić information content (AvgIpc) is 3.46. The van der Waals surface area contributed by atoms with Gasteiger partial charge in [-0.3, -0.25) is 14.5 Å². The zero-order valence-corrected chi connectivity index (χ0v) is 14.2. The number of nitrogens with zero attached hydrogens (tertiary/aromatic N) is 2. The number of halogens is 1. The molecule has 1 aromatic rings. The highest BCUT2D eigenvalue weighted by atomic mass is 19.1. The quantitative estimate of drug-likeness (QED) is 0.829. The van der Waals surface area contributed by atoms with E-state index in [1.165, 1.54) is 12.1 Å². The molecule has 0 bridgehead atoms. The Morgan fingerprint density at radius 1 is 1.12 bits per heavy atom. The zero-order chi connectivity index (χ0) is 17.4. The van der Waals surface area contributed by atoms with E-state index in [1.54, 1.807) is 6.07 Å². The number of fused-ring (bicyclic) bond motifs is 1. The molecule has 0 radical (unpaired) electrons. The zero-order valence-electron chi connectivity index (χ0n) is 14.2. The number of benzene rings is 1. The third-order valence-electron chi connectivity index (χ3n) is 5.37. The molecule has 0 aromatic heterocycles. The number of hydrogen-bond acceptors (Lipinski definition) is 4. The van der Waals surface area contributed by atoms with Crippen molar-refractivity contribution >= 4 is 11.7 Å². The van der Waals surface area contributed by atoms with E-state index in [0.29, 0.717) is 50.1 Å². The van der Waals surface area contributed by atoms with Crippen molar-refractivity contribution in [1.82, 2.24) is 9.80 Å². The fraction of sp³-hybridized carbons (Fsp3) is 0.579. The monoisotopic (exact) mass is 346 g/mol. The van der Waals surface area contributed by atoms with Gasteiger partial charge in [-0.25, -0.2) is 4.39 Å². The van der Waals surface area contributed by atoms with Gasteiger partial charge in [-0.05, 0) is 43.0 Å². The van der Waals surface area contributed by atoms with Crippen LogP contribution in [0.2, 0.25) is 0 Å². The maximum atomic E-state index is 13.4. The van der Waals surface area contributed by atoms with Gasteiger partial charge in [-0.2, -0.15) is 0 Å². The minimum atomic E-state index is -0.301. The summed E-state index contributed by atoms with van der Waals surface area (Å²) in [7, 11) is 0.